The maximum Gasteiger partial charge on any atom is 0.241 e. The number of hydrogen-bond donors (Lipinski definition) is 2. The molecule has 0 saturated heterocycles. The lowest BCUT2D eigenvalue weighted by atomic mass is 10.1. The minimum atomic E-state index is -0.426. The number of nitrogens with two attached hydrogens (primary N) is 1. The molecule has 0 fully saturated rings. The molecule has 0 aromatic carbocycles. The van der Waals surface area contributed by atoms with E-state index in [9.17, 15) is 4.79 Å². The number of aryl methyl sites for hydroxylation is 1. The summed E-state index contributed by atoms with van der Waals surface area (Å²) in [4.78, 5) is 11.6. The molecule has 1 atom stereocenters. The highest BCUT2D eigenvalue weighted by atomic mass is 16.2. The van der Waals surface area contributed by atoms with Crippen LogP contribution < -0.4 is 11.1 Å². The summed E-state index contributed by atoms with van der Waals surface area (Å²) in [7, 11) is 0. The molecule has 0 aliphatic carbocycles. The number of aromatic nitrogens is 2. The van der Waals surface area contributed by atoms with Crippen LogP contribution in [0.4, 0.5) is 5.69 Å². The minimum absolute atomic E-state index is 0.135. The topological polar surface area (TPSA) is 72.9 Å². The highest BCUT2D eigenvalue weighted by Crippen LogP contribution is 2.06. The van der Waals surface area contributed by atoms with Gasteiger partial charge in [0, 0.05) is 12.7 Å². The van der Waals surface area contributed by atoms with Gasteiger partial charge in [-0.3, -0.25) is 9.48 Å². The number of rotatable bonds is 6. The van der Waals surface area contributed by atoms with Crippen molar-refractivity contribution in [2.24, 2.45) is 5.73 Å². The SMILES string of the molecule is CCCCC(N)C(=O)Nc1cnn(CC)c1. The lowest BCUT2D eigenvalue weighted by Crippen LogP contribution is -2.35. The molecular formula is C11H20N4O. The summed E-state index contributed by atoms with van der Waals surface area (Å²) in [6.07, 6.45) is 6.18. The van der Waals surface area contributed by atoms with Gasteiger partial charge in [0.05, 0.1) is 17.9 Å². The van der Waals surface area contributed by atoms with Crippen LogP contribution in [0.5, 0.6) is 0 Å². The molecule has 1 amide bonds. The monoisotopic (exact) mass is 224 g/mol. The van der Waals surface area contributed by atoms with Gasteiger partial charge in [-0.2, -0.15) is 5.10 Å². The van der Waals surface area contributed by atoms with Gasteiger partial charge in [-0.1, -0.05) is 19.8 Å². The van der Waals surface area contributed by atoms with Gasteiger partial charge in [0.2, 0.25) is 5.91 Å². The summed E-state index contributed by atoms with van der Waals surface area (Å²) in [5.74, 6) is -0.135. The molecule has 5 heteroatoms. The molecule has 16 heavy (non-hydrogen) atoms. The third kappa shape index (κ3) is 3.66. The predicted molar refractivity (Wildman–Crippen MR) is 64.0 cm³/mol. The van der Waals surface area contributed by atoms with Crippen molar-refractivity contribution in [1.82, 2.24) is 9.78 Å². The van der Waals surface area contributed by atoms with Crippen molar-refractivity contribution in [2.75, 3.05) is 5.32 Å². The van der Waals surface area contributed by atoms with Crippen LogP contribution in [0.3, 0.4) is 0 Å². The fourth-order valence-electron chi connectivity index (χ4n) is 1.39. The van der Waals surface area contributed by atoms with Crippen molar-refractivity contribution in [2.45, 2.75) is 45.7 Å². The average Bonchev–Trinajstić information content (AvgIpc) is 2.73. The third-order valence-corrected chi connectivity index (χ3v) is 2.43. The van der Waals surface area contributed by atoms with Crippen molar-refractivity contribution < 1.29 is 4.79 Å². The quantitative estimate of drug-likeness (QED) is 0.766. The highest BCUT2D eigenvalue weighted by molar-refractivity contribution is 5.94. The van der Waals surface area contributed by atoms with E-state index >= 15 is 0 Å². The van der Waals surface area contributed by atoms with E-state index in [1.54, 1.807) is 17.1 Å². The number of hydrogen-bond acceptors (Lipinski definition) is 3. The normalized spacial score (nSPS) is 12.4. The van der Waals surface area contributed by atoms with Crippen molar-refractivity contribution >= 4 is 11.6 Å². The number of nitrogens with one attached hydrogen (secondary N) is 1. The minimum Gasteiger partial charge on any atom is -0.322 e. The molecule has 5 nitrogen and oxygen atoms in total. The number of nitrogens with zero attached hydrogens (tertiary/aromatic N) is 2. The Labute approximate surface area is 96.0 Å². The first-order valence-corrected chi connectivity index (χ1v) is 5.76. The molecule has 0 aliphatic rings. The summed E-state index contributed by atoms with van der Waals surface area (Å²) >= 11 is 0. The second-order valence-corrected chi connectivity index (χ2v) is 3.82. The second kappa shape index (κ2) is 6.27. The Morgan fingerprint density at radius 2 is 2.38 bits per heavy atom. The second-order valence-electron chi connectivity index (χ2n) is 3.82. The summed E-state index contributed by atoms with van der Waals surface area (Å²) < 4.78 is 1.76. The maximum atomic E-state index is 11.6. The summed E-state index contributed by atoms with van der Waals surface area (Å²) in [5, 5.41) is 6.83. The van der Waals surface area contributed by atoms with Gasteiger partial charge in [0.15, 0.2) is 0 Å². The first-order chi connectivity index (χ1) is 7.67. The Balaban J connectivity index is 2.44. The Morgan fingerprint density at radius 3 is 2.94 bits per heavy atom. The van der Waals surface area contributed by atoms with Crippen molar-refractivity contribution in [3.05, 3.63) is 12.4 Å². The third-order valence-electron chi connectivity index (χ3n) is 2.43. The van der Waals surface area contributed by atoms with Gasteiger partial charge in [0.25, 0.3) is 0 Å². The lowest BCUT2D eigenvalue weighted by Gasteiger charge is -2.09. The first-order valence-electron chi connectivity index (χ1n) is 5.76. The molecule has 0 spiro atoms. The molecule has 1 aromatic rings. The van der Waals surface area contributed by atoms with Crippen LogP contribution in [0, 0.1) is 0 Å². The highest BCUT2D eigenvalue weighted by Gasteiger charge is 2.13. The van der Waals surface area contributed by atoms with Gasteiger partial charge in [-0.15, -0.1) is 0 Å². The maximum absolute atomic E-state index is 11.6. The van der Waals surface area contributed by atoms with Crippen LogP contribution in [0.15, 0.2) is 12.4 Å². The molecule has 1 heterocycles. The Bertz CT molecular complexity index is 334. The number of anilines is 1. The van der Waals surface area contributed by atoms with E-state index in [4.69, 9.17) is 5.73 Å². The van der Waals surface area contributed by atoms with Crippen LogP contribution >= 0.6 is 0 Å². The van der Waals surface area contributed by atoms with Crippen LogP contribution in [-0.4, -0.2) is 21.7 Å². The standard InChI is InChI=1S/C11H20N4O/c1-3-5-6-10(12)11(16)14-9-7-13-15(4-2)8-9/h7-8,10H,3-6,12H2,1-2H3,(H,14,16). The zero-order valence-electron chi connectivity index (χ0n) is 9.94. The molecule has 3 N–H and O–H groups in total. The molecule has 0 radical (unpaired) electrons. The van der Waals surface area contributed by atoms with E-state index in [1.165, 1.54) is 0 Å². The van der Waals surface area contributed by atoms with E-state index in [1.807, 2.05) is 6.92 Å². The van der Waals surface area contributed by atoms with Gasteiger partial charge in [-0.25, -0.2) is 0 Å². The Hall–Kier alpha value is -1.36. The molecule has 0 aliphatic heterocycles. The zero-order valence-corrected chi connectivity index (χ0v) is 9.94. The fourth-order valence-corrected chi connectivity index (χ4v) is 1.39. The van der Waals surface area contributed by atoms with Crippen molar-refractivity contribution in [1.29, 1.82) is 0 Å². The Morgan fingerprint density at radius 1 is 1.62 bits per heavy atom. The Kier molecular flexibility index (Phi) is 4.98. The van der Waals surface area contributed by atoms with E-state index in [2.05, 4.69) is 17.3 Å². The van der Waals surface area contributed by atoms with Crippen LogP contribution in [0.1, 0.15) is 33.1 Å². The van der Waals surface area contributed by atoms with E-state index in [0.29, 0.717) is 5.69 Å². The van der Waals surface area contributed by atoms with Gasteiger partial charge < -0.3 is 11.1 Å². The molecule has 1 unspecified atom stereocenters. The average molecular weight is 224 g/mol. The largest absolute Gasteiger partial charge is 0.322 e. The predicted octanol–water partition coefficient (Wildman–Crippen LogP) is 1.36. The van der Waals surface area contributed by atoms with E-state index in [0.717, 1.165) is 25.8 Å². The zero-order chi connectivity index (χ0) is 12.0. The number of carbonyl (C=O) groups excluding carboxylic acids is 1. The van der Waals surface area contributed by atoms with Crippen molar-refractivity contribution in [3.8, 4) is 0 Å². The molecule has 1 rings (SSSR count). The van der Waals surface area contributed by atoms with Gasteiger partial charge in [-0.05, 0) is 13.3 Å². The van der Waals surface area contributed by atoms with Gasteiger partial charge in [0.1, 0.15) is 0 Å². The number of amides is 1. The summed E-state index contributed by atoms with van der Waals surface area (Å²) in [6.45, 7) is 4.86. The van der Waals surface area contributed by atoms with Crippen LogP contribution in [-0.2, 0) is 11.3 Å². The molecular weight excluding hydrogens is 204 g/mol. The number of unbranched alkanes of at least 4 members (excludes halogenated alkanes) is 1. The molecule has 0 bridgehead atoms. The first kappa shape index (κ1) is 12.7. The van der Waals surface area contributed by atoms with Crippen molar-refractivity contribution in [3.63, 3.8) is 0 Å². The fraction of sp³-hybridized carbons (Fsp3) is 0.636. The molecule has 0 saturated carbocycles. The van der Waals surface area contributed by atoms with Gasteiger partial charge >= 0.3 is 0 Å². The summed E-state index contributed by atoms with van der Waals surface area (Å²) in [6, 6.07) is -0.426. The number of carbonyl (C=O) groups is 1. The molecule has 1 aromatic heterocycles. The van der Waals surface area contributed by atoms with Crippen LogP contribution in [0.2, 0.25) is 0 Å². The lowest BCUT2D eigenvalue weighted by molar-refractivity contribution is -0.117. The molecule has 90 valence electrons. The van der Waals surface area contributed by atoms with E-state index in [-0.39, 0.29) is 5.91 Å². The smallest absolute Gasteiger partial charge is 0.241 e. The summed E-state index contributed by atoms with van der Waals surface area (Å²) in [5.41, 5.74) is 6.46. The van der Waals surface area contributed by atoms with Crippen LogP contribution in [0.25, 0.3) is 0 Å². The van der Waals surface area contributed by atoms with E-state index < -0.39 is 6.04 Å².